The van der Waals surface area contributed by atoms with Crippen LogP contribution >= 0.6 is 0 Å². The first-order chi connectivity index (χ1) is 28.2. The Bertz CT molecular complexity index is 2110. The van der Waals surface area contributed by atoms with Crippen molar-refractivity contribution in [3.05, 3.63) is 168 Å². The summed E-state index contributed by atoms with van der Waals surface area (Å²) >= 11 is 0. The van der Waals surface area contributed by atoms with Gasteiger partial charge in [0.25, 0.3) is 0 Å². The van der Waals surface area contributed by atoms with E-state index in [0.717, 1.165) is 56.0 Å². The van der Waals surface area contributed by atoms with Crippen LogP contribution in [0.5, 0.6) is 17.2 Å². The van der Waals surface area contributed by atoms with Gasteiger partial charge in [0, 0.05) is 17.1 Å². The predicted octanol–water partition coefficient (Wildman–Crippen LogP) is 6.92. The fraction of sp³-hybridized carbons (Fsp3) is 0.208. The normalized spacial score (nSPS) is 12.6. The van der Waals surface area contributed by atoms with Crippen LogP contribution in [0.25, 0.3) is 22.8 Å². The fourth-order valence-electron chi connectivity index (χ4n) is 6.10. The number of aliphatic hydroxyl groups is 6. The van der Waals surface area contributed by atoms with E-state index in [-0.39, 0.29) is 39.6 Å². The number of hydrogen-bond acceptors (Lipinski definition) is 10. The molecule has 0 aliphatic heterocycles. The minimum absolute atomic E-state index is 0.0196. The minimum Gasteiger partial charge on any atom is -0.491 e. The first-order valence-electron chi connectivity index (χ1n) is 19.1. The zero-order chi connectivity index (χ0) is 40.9. The molecule has 0 saturated carbocycles. The lowest BCUT2D eigenvalue weighted by molar-refractivity contribution is 0.0536. The quantitative estimate of drug-likeness (QED) is 0.0478. The molecular formula is C48H49NO9. The molecule has 0 bridgehead atoms. The Morgan fingerprint density at radius 2 is 0.793 bits per heavy atom. The van der Waals surface area contributed by atoms with E-state index in [2.05, 4.69) is 90.7 Å². The van der Waals surface area contributed by atoms with Crippen LogP contribution < -0.4 is 19.1 Å². The molecule has 10 nitrogen and oxygen atoms in total. The number of hydrogen-bond donors (Lipinski definition) is 6. The first-order valence-corrected chi connectivity index (χ1v) is 19.1. The number of rotatable bonds is 19. The topological polar surface area (TPSA) is 152 Å². The largest absolute Gasteiger partial charge is 0.491 e. The highest BCUT2D eigenvalue weighted by atomic mass is 16.5. The van der Waals surface area contributed by atoms with Crippen molar-refractivity contribution in [1.82, 2.24) is 0 Å². The molecule has 10 heteroatoms. The molecule has 300 valence electrons. The summed E-state index contributed by atoms with van der Waals surface area (Å²) in [5.74, 6) is 1.74. The summed E-state index contributed by atoms with van der Waals surface area (Å²) in [4.78, 5) is 2.21. The van der Waals surface area contributed by atoms with Crippen molar-refractivity contribution in [2.24, 2.45) is 0 Å². The second kappa shape index (κ2) is 20.4. The highest BCUT2D eigenvalue weighted by Crippen LogP contribution is 2.37. The van der Waals surface area contributed by atoms with Gasteiger partial charge in [0.2, 0.25) is 0 Å². The molecule has 3 unspecified atom stereocenters. The second-order valence-electron chi connectivity index (χ2n) is 13.9. The van der Waals surface area contributed by atoms with Crippen molar-refractivity contribution < 1.29 is 44.8 Å². The zero-order valence-corrected chi connectivity index (χ0v) is 32.3. The van der Waals surface area contributed by atoms with Crippen LogP contribution in [0.1, 0.15) is 22.3 Å². The molecule has 6 aromatic carbocycles. The highest BCUT2D eigenvalue weighted by Gasteiger charge is 2.15. The van der Waals surface area contributed by atoms with Crippen LogP contribution in [0.15, 0.2) is 146 Å². The van der Waals surface area contributed by atoms with E-state index in [1.807, 2.05) is 72.8 Å². The Labute approximate surface area is 338 Å². The van der Waals surface area contributed by atoms with Gasteiger partial charge < -0.3 is 49.7 Å². The molecule has 6 aromatic rings. The molecule has 0 amide bonds. The Morgan fingerprint density at radius 3 is 1.17 bits per heavy atom. The Kier molecular flexibility index (Phi) is 14.7. The molecule has 0 fully saturated rings. The van der Waals surface area contributed by atoms with E-state index in [9.17, 15) is 15.3 Å². The molecule has 0 aliphatic rings. The van der Waals surface area contributed by atoms with Gasteiger partial charge in [-0.2, -0.15) is 0 Å². The van der Waals surface area contributed by atoms with E-state index in [4.69, 9.17) is 29.5 Å². The predicted molar refractivity (Wildman–Crippen MR) is 227 cm³/mol. The summed E-state index contributed by atoms with van der Waals surface area (Å²) in [5.41, 5.74) is 9.93. The molecule has 3 atom stereocenters. The van der Waals surface area contributed by atoms with E-state index in [1.54, 1.807) is 0 Å². The van der Waals surface area contributed by atoms with Crippen LogP contribution in [-0.2, 0) is 0 Å². The number of nitrogens with zero attached hydrogens (tertiary/aromatic N) is 1. The number of anilines is 3. The Balaban J connectivity index is 1.28. The third kappa shape index (κ3) is 11.3. The summed E-state index contributed by atoms with van der Waals surface area (Å²) in [7, 11) is 0. The third-order valence-corrected chi connectivity index (χ3v) is 9.36. The molecule has 0 aromatic heterocycles. The van der Waals surface area contributed by atoms with Crippen LogP contribution in [0.2, 0.25) is 0 Å². The van der Waals surface area contributed by atoms with Gasteiger partial charge in [0.05, 0.1) is 19.8 Å². The van der Waals surface area contributed by atoms with Crippen molar-refractivity contribution in [2.45, 2.75) is 25.2 Å². The fourth-order valence-corrected chi connectivity index (χ4v) is 6.10. The SMILES string of the molecule is Cc1ccc(N(c2ccc(C=C(c3ccc(OCC(O)CO)cc3)c3ccc(OCC(O)CO)cc3)cc2)c2ccc(-c3ccc(OCC(O)CO)cc3)cc2)cc1. The maximum atomic E-state index is 9.73. The summed E-state index contributed by atoms with van der Waals surface area (Å²) < 4.78 is 16.9. The lowest BCUT2D eigenvalue weighted by atomic mass is 9.95. The van der Waals surface area contributed by atoms with Crippen LogP contribution in [0.4, 0.5) is 17.1 Å². The smallest absolute Gasteiger partial charge is 0.119 e. The van der Waals surface area contributed by atoms with Crippen molar-refractivity contribution >= 4 is 28.7 Å². The molecule has 0 spiro atoms. The van der Waals surface area contributed by atoms with Crippen molar-refractivity contribution in [3.8, 4) is 28.4 Å². The average molecular weight is 784 g/mol. The van der Waals surface area contributed by atoms with Crippen molar-refractivity contribution in [1.29, 1.82) is 0 Å². The van der Waals surface area contributed by atoms with E-state index >= 15 is 0 Å². The van der Waals surface area contributed by atoms with Gasteiger partial charge in [-0.1, -0.05) is 78.4 Å². The second-order valence-corrected chi connectivity index (χ2v) is 13.9. The number of benzene rings is 6. The first kappa shape index (κ1) is 41.6. The van der Waals surface area contributed by atoms with E-state index < -0.39 is 18.3 Å². The third-order valence-electron chi connectivity index (χ3n) is 9.36. The Morgan fingerprint density at radius 1 is 0.466 bits per heavy atom. The minimum atomic E-state index is -0.968. The average Bonchev–Trinajstić information content (AvgIpc) is 3.27. The van der Waals surface area contributed by atoms with Gasteiger partial charge in [-0.15, -0.1) is 0 Å². The van der Waals surface area contributed by atoms with Gasteiger partial charge in [-0.25, -0.2) is 0 Å². The molecule has 0 radical (unpaired) electrons. The van der Waals surface area contributed by atoms with Gasteiger partial charge in [-0.3, -0.25) is 0 Å². The van der Waals surface area contributed by atoms with E-state index in [1.165, 1.54) is 0 Å². The van der Waals surface area contributed by atoms with E-state index in [0.29, 0.717) is 17.2 Å². The number of ether oxygens (including phenoxy) is 3. The number of aryl methyl sites for hydroxylation is 1. The van der Waals surface area contributed by atoms with Crippen LogP contribution in [-0.4, -0.2) is 88.6 Å². The standard InChI is InChI=1S/C48H49NO9/c1-33-2-14-39(15-3-33)49(41-18-6-35(7-19-41)36-8-20-45(21-9-36)56-30-42(53)27-50)40-16-4-34(5-17-40)26-48(37-10-22-46(23-11-37)57-31-43(54)28-51)38-12-24-47(25-13-38)58-32-44(55)29-52/h2-26,42-44,50-55H,27-32H2,1H3. The Hall–Kier alpha value is -5.98. The van der Waals surface area contributed by atoms with Crippen LogP contribution in [0, 0.1) is 6.92 Å². The zero-order valence-electron chi connectivity index (χ0n) is 32.3. The highest BCUT2D eigenvalue weighted by molar-refractivity contribution is 5.92. The molecule has 6 rings (SSSR count). The molecular weight excluding hydrogens is 735 g/mol. The summed E-state index contributed by atoms with van der Waals surface area (Å²) in [6.45, 7) is 0.919. The molecule has 0 heterocycles. The van der Waals surface area contributed by atoms with Crippen LogP contribution in [0.3, 0.4) is 0 Å². The molecule has 0 saturated heterocycles. The monoisotopic (exact) mass is 783 g/mol. The van der Waals surface area contributed by atoms with Gasteiger partial charge in [0.1, 0.15) is 55.4 Å². The van der Waals surface area contributed by atoms with Gasteiger partial charge in [-0.05, 0) is 119 Å². The lowest BCUT2D eigenvalue weighted by Crippen LogP contribution is -2.21. The molecule has 58 heavy (non-hydrogen) atoms. The maximum absolute atomic E-state index is 9.73. The number of aliphatic hydroxyl groups excluding tert-OH is 6. The maximum Gasteiger partial charge on any atom is 0.119 e. The van der Waals surface area contributed by atoms with Crippen molar-refractivity contribution in [2.75, 3.05) is 44.5 Å². The van der Waals surface area contributed by atoms with Gasteiger partial charge in [0.15, 0.2) is 0 Å². The van der Waals surface area contributed by atoms with Gasteiger partial charge >= 0.3 is 0 Å². The summed E-state index contributed by atoms with van der Waals surface area (Å²) in [6, 6.07) is 47.8. The molecule has 6 N–H and O–H groups in total. The lowest BCUT2D eigenvalue weighted by Gasteiger charge is -2.26. The summed E-state index contributed by atoms with van der Waals surface area (Å²) in [6.07, 6.45) is -0.755. The molecule has 0 aliphatic carbocycles. The van der Waals surface area contributed by atoms with Crippen molar-refractivity contribution in [3.63, 3.8) is 0 Å². The summed E-state index contributed by atoms with van der Waals surface area (Å²) in [5, 5.41) is 56.4.